The van der Waals surface area contributed by atoms with Crippen LogP contribution in [0.4, 0.5) is 0 Å². The van der Waals surface area contributed by atoms with E-state index in [-0.39, 0.29) is 11.8 Å². The van der Waals surface area contributed by atoms with Crippen molar-refractivity contribution in [2.24, 2.45) is 4.99 Å². The Morgan fingerprint density at radius 2 is 2.10 bits per heavy atom. The number of rotatable bonds is 8. The van der Waals surface area contributed by atoms with Crippen molar-refractivity contribution in [3.8, 4) is 0 Å². The van der Waals surface area contributed by atoms with Gasteiger partial charge in [-0.15, -0.1) is 0 Å². The number of pyridine rings is 1. The van der Waals surface area contributed by atoms with Gasteiger partial charge in [0.05, 0.1) is 17.1 Å². The van der Waals surface area contributed by atoms with Gasteiger partial charge >= 0.3 is 0 Å². The summed E-state index contributed by atoms with van der Waals surface area (Å²) in [7, 11) is 0. The van der Waals surface area contributed by atoms with Crippen molar-refractivity contribution in [3.05, 3.63) is 126 Å². The highest BCUT2D eigenvalue weighted by molar-refractivity contribution is 5.63. The van der Waals surface area contributed by atoms with Gasteiger partial charge < -0.3 is 14.7 Å². The first kappa shape index (κ1) is 29.1. The Bertz CT molecular complexity index is 1310. The summed E-state index contributed by atoms with van der Waals surface area (Å²) in [5.74, 6) is 1.09. The minimum atomic E-state index is 0.0573. The number of aliphatic imine (C=N–C) groups is 1. The highest BCUT2D eigenvalue weighted by Gasteiger charge is 2.39. The highest BCUT2D eigenvalue weighted by Crippen LogP contribution is 2.40. The minimum Gasteiger partial charge on any atom is -0.504 e. The molecule has 0 spiro atoms. The maximum atomic E-state index is 11.0. The average molecular weight is 539 g/mol. The van der Waals surface area contributed by atoms with E-state index in [0.717, 1.165) is 54.8 Å². The molecular weight excluding hydrogens is 496 g/mol. The Morgan fingerprint density at radius 3 is 2.80 bits per heavy atom. The van der Waals surface area contributed by atoms with E-state index in [2.05, 4.69) is 78.0 Å². The maximum Gasteiger partial charge on any atom is 0.192 e. The zero-order valence-corrected chi connectivity index (χ0v) is 24.3. The SMILES string of the molecule is C=C/C(=C\C1=C(C)N(C2CC(C)N(Cc3ccccn3)C(CC)C2)C(=C)/C(=C(O)\C=C/C)O1)C1=CN=CCC=C1. The van der Waals surface area contributed by atoms with E-state index in [1.54, 1.807) is 12.2 Å². The van der Waals surface area contributed by atoms with Crippen LogP contribution in [-0.4, -0.2) is 44.2 Å². The fourth-order valence-corrected chi connectivity index (χ4v) is 5.81. The third-order valence-corrected chi connectivity index (χ3v) is 7.84. The second kappa shape index (κ2) is 13.4. The molecule has 0 aliphatic carbocycles. The van der Waals surface area contributed by atoms with Gasteiger partial charge in [-0.2, -0.15) is 0 Å². The summed E-state index contributed by atoms with van der Waals surface area (Å²) >= 11 is 0. The molecule has 3 aliphatic heterocycles. The van der Waals surface area contributed by atoms with Crippen LogP contribution in [0.2, 0.25) is 0 Å². The van der Waals surface area contributed by atoms with Crippen LogP contribution in [0.3, 0.4) is 0 Å². The molecule has 4 rings (SSSR count). The molecule has 1 saturated heterocycles. The number of hydrogen-bond donors (Lipinski definition) is 1. The fourth-order valence-electron chi connectivity index (χ4n) is 5.81. The van der Waals surface area contributed by atoms with Crippen molar-refractivity contribution < 1.29 is 9.84 Å². The number of likely N-dealkylation sites (tertiary alicyclic amines) is 1. The molecule has 0 aromatic carbocycles. The van der Waals surface area contributed by atoms with Crippen molar-refractivity contribution in [1.29, 1.82) is 0 Å². The molecule has 4 heterocycles. The molecule has 3 aliphatic rings. The summed E-state index contributed by atoms with van der Waals surface area (Å²) in [6, 6.07) is 7.04. The number of piperidine rings is 1. The monoisotopic (exact) mass is 538 g/mol. The lowest BCUT2D eigenvalue weighted by molar-refractivity contribution is 0.0334. The van der Waals surface area contributed by atoms with Gasteiger partial charge in [0.25, 0.3) is 0 Å². The normalized spacial score (nSPS) is 25.6. The van der Waals surface area contributed by atoms with Crippen LogP contribution < -0.4 is 0 Å². The van der Waals surface area contributed by atoms with Gasteiger partial charge in [-0.3, -0.25) is 14.9 Å². The van der Waals surface area contributed by atoms with E-state index >= 15 is 0 Å². The molecule has 40 heavy (non-hydrogen) atoms. The quantitative estimate of drug-likeness (QED) is 0.272. The summed E-state index contributed by atoms with van der Waals surface area (Å²) in [5, 5.41) is 11.0. The van der Waals surface area contributed by atoms with E-state index in [4.69, 9.17) is 4.74 Å². The van der Waals surface area contributed by atoms with Gasteiger partial charge in [-0.05, 0) is 75.5 Å². The molecule has 1 fully saturated rings. The second-order valence-electron chi connectivity index (χ2n) is 10.5. The number of aliphatic hydroxyl groups is 1. The molecular formula is C34H42N4O2. The predicted octanol–water partition coefficient (Wildman–Crippen LogP) is 7.66. The third kappa shape index (κ3) is 6.45. The predicted molar refractivity (Wildman–Crippen MR) is 164 cm³/mol. The third-order valence-electron chi connectivity index (χ3n) is 7.84. The van der Waals surface area contributed by atoms with Crippen LogP contribution in [-0.2, 0) is 11.3 Å². The molecule has 3 atom stereocenters. The molecule has 0 bridgehead atoms. The summed E-state index contributed by atoms with van der Waals surface area (Å²) in [5.41, 5.74) is 4.58. The molecule has 210 valence electrons. The van der Waals surface area contributed by atoms with Crippen LogP contribution in [0.5, 0.6) is 0 Å². The van der Waals surface area contributed by atoms with Crippen molar-refractivity contribution >= 4 is 6.21 Å². The molecule has 1 aromatic heterocycles. The van der Waals surface area contributed by atoms with E-state index in [0.29, 0.717) is 29.3 Å². The van der Waals surface area contributed by atoms with Crippen molar-refractivity contribution in [3.63, 3.8) is 0 Å². The van der Waals surface area contributed by atoms with Gasteiger partial charge in [0.2, 0.25) is 0 Å². The van der Waals surface area contributed by atoms with Crippen LogP contribution in [0.15, 0.2) is 125 Å². The van der Waals surface area contributed by atoms with Crippen LogP contribution in [0, 0.1) is 0 Å². The number of ether oxygens (including phenoxy) is 1. The summed E-state index contributed by atoms with van der Waals surface area (Å²) < 4.78 is 6.37. The smallest absolute Gasteiger partial charge is 0.192 e. The maximum absolute atomic E-state index is 11.0. The Balaban J connectivity index is 1.72. The van der Waals surface area contributed by atoms with Gasteiger partial charge in [0.1, 0.15) is 5.76 Å². The van der Waals surface area contributed by atoms with Gasteiger partial charge in [-0.1, -0.05) is 50.5 Å². The van der Waals surface area contributed by atoms with E-state index in [1.165, 1.54) is 0 Å². The summed E-state index contributed by atoms with van der Waals surface area (Å²) in [6.45, 7) is 17.8. The van der Waals surface area contributed by atoms with Gasteiger partial charge in [-0.25, -0.2) is 0 Å². The molecule has 3 unspecified atom stereocenters. The Hall–Kier alpha value is -3.90. The zero-order chi connectivity index (χ0) is 28.6. The lowest BCUT2D eigenvalue weighted by Crippen LogP contribution is -2.53. The van der Waals surface area contributed by atoms with Crippen LogP contribution in [0.25, 0.3) is 0 Å². The number of hydrogen-bond acceptors (Lipinski definition) is 6. The first-order valence-electron chi connectivity index (χ1n) is 14.2. The Labute approximate surface area is 239 Å². The topological polar surface area (TPSA) is 61.2 Å². The molecule has 0 radical (unpaired) electrons. The molecule has 0 saturated carbocycles. The second-order valence-corrected chi connectivity index (χ2v) is 10.5. The van der Waals surface area contributed by atoms with Crippen LogP contribution in [0.1, 0.15) is 59.1 Å². The lowest BCUT2D eigenvalue weighted by atomic mass is 9.88. The highest BCUT2D eigenvalue weighted by atomic mass is 16.5. The molecule has 0 amide bonds. The lowest BCUT2D eigenvalue weighted by Gasteiger charge is -2.49. The van der Waals surface area contributed by atoms with E-state index < -0.39 is 0 Å². The van der Waals surface area contributed by atoms with Crippen LogP contribution >= 0.6 is 0 Å². The number of nitrogens with zero attached hydrogens (tertiary/aromatic N) is 4. The Morgan fingerprint density at radius 1 is 1.27 bits per heavy atom. The molecule has 6 nitrogen and oxygen atoms in total. The fraction of sp³-hybridized carbons (Fsp3) is 0.353. The minimum absolute atomic E-state index is 0.0573. The van der Waals surface area contributed by atoms with Gasteiger partial charge in [0, 0.05) is 49.7 Å². The first-order valence-corrected chi connectivity index (χ1v) is 14.2. The average Bonchev–Trinajstić information content (AvgIpc) is 3.24. The standard InChI is InChI=1S/C34H42N4O2/c1-7-14-32(39)34-26(6)38(25(5)33(40-34)20-27(8-2)28-15-10-12-17-35-22-28)31-19-24(4)37(30(9-3)21-31)23-29-16-11-13-18-36-29/h7-8,10-11,13-18,20,22,24,30-31,39H,2,6,9,12,19,21,23H2,1,3-5H3/b14-7-,27-20+,34-32-. The van der Waals surface area contributed by atoms with Gasteiger partial charge in [0.15, 0.2) is 11.5 Å². The van der Waals surface area contributed by atoms with E-state index in [9.17, 15) is 5.11 Å². The Kier molecular flexibility index (Phi) is 9.78. The molecule has 1 aromatic rings. The number of aromatic nitrogens is 1. The van der Waals surface area contributed by atoms with Crippen molar-refractivity contribution in [1.82, 2.24) is 14.8 Å². The molecule has 1 N–H and O–H groups in total. The molecule has 6 heteroatoms. The number of allylic oxidation sites excluding steroid dienone is 9. The largest absolute Gasteiger partial charge is 0.504 e. The zero-order valence-electron chi connectivity index (χ0n) is 24.3. The van der Waals surface area contributed by atoms with E-state index in [1.807, 2.05) is 43.8 Å². The summed E-state index contributed by atoms with van der Waals surface area (Å²) in [4.78, 5) is 13.8. The summed E-state index contributed by atoms with van der Waals surface area (Å²) in [6.07, 6.45) is 20.7. The number of aliphatic hydroxyl groups excluding tert-OH is 1. The van der Waals surface area contributed by atoms with Crippen molar-refractivity contribution in [2.75, 3.05) is 0 Å². The van der Waals surface area contributed by atoms with Crippen molar-refractivity contribution in [2.45, 2.75) is 78.0 Å². The first-order chi connectivity index (χ1) is 19.4.